The number of ether oxygens (including phenoxy) is 8. The monoisotopic (exact) mass is 558 g/mol. The molecule has 226 valence electrons. The summed E-state index contributed by atoms with van der Waals surface area (Å²) >= 11 is 0. The van der Waals surface area contributed by atoms with Crippen LogP contribution in [0.3, 0.4) is 0 Å². The molecule has 0 spiro atoms. The fourth-order valence-corrected chi connectivity index (χ4v) is 4.36. The van der Waals surface area contributed by atoms with Crippen LogP contribution in [0.4, 0.5) is 0 Å². The number of fused-ring (bicyclic) bond motifs is 1. The maximum absolute atomic E-state index is 12.4. The molecule has 0 aliphatic heterocycles. The van der Waals surface area contributed by atoms with E-state index in [9.17, 15) is 4.79 Å². The van der Waals surface area contributed by atoms with Crippen molar-refractivity contribution in [2.45, 2.75) is 25.7 Å². The van der Waals surface area contributed by atoms with E-state index in [-0.39, 0.29) is 11.8 Å². The van der Waals surface area contributed by atoms with E-state index in [0.29, 0.717) is 131 Å². The number of amides is 1. The summed E-state index contributed by atoms with van der Waals surface area (Å²) in [6.07, 6.45) is 3.95. The van der Waals surface area contributed by atoms with Crippen molar-refractivity contribution in [3.63, 3.8) is 0 Å². The minimum atomic E-state index is 0.171. The molecule has 2 rings (SSSR count). The Labute approximate surface area is 234 Å². The number of carbonyl (C=O) groups excluding carboxylic acids is 1. The lowest BCUT2D eigenvalue weighted by Gasteiger charge is -2.09. The average molecular weight is 559 g/mol. The van der Waals surface area contributed by atoms with E-state index in [0.717, 1.165) is 25.7 Å². The van der Waals surface area contributed by atoms with E-state index in [4.69, 9.17) is 43.6 Å². The number of carbonyl (C=O) groups is 1. The summed E-state index contributed by atoms with van der Waals surface area (Å²) in [5.74, 6) is 7.76. The molecule has 3 atom stereocenters. The highest BCUT2D eigenvalue weighted by molar-refractivity contribution is 5.82. The highest BCUT2D eigenvalue weighted by Gasteiger charge is 2.53. The highest BCUT2D eigenvalue weighted by Crippen LogP contribution is 2.52. The number of nitrogens with one attached hydrogen (secondary N) is 1. The van der Waals surface area contributed by atoms with Gasteiger partial charge < -0.3 is 48.9 Å². The predicted molar refractivity (Wildman–Crippen MR) is 145 cm³/mol. The third-order valence-corrected chi connectivity index (χ3v) is 6.38. The number of hydrogen-bond donors (Lipinski definition) is 2. The van der Waals surface area contributed by atoms with Gasteiger partial charge in [-0.05, 0) is 24.7 Å². The van der Waals surface area contributed by atoms with Gasteiger partial charge >= 0.3 is 0 Å². The van der Waals surface area contributed by atoms with E-state index >= 15 is 0 Å². The van der Waals surface area contributed by atoms with Crippen LogP contribution < -0.4 is 11.1 Å². The lowest BCUT2D eigenvalue weighted by atomic mass is 10.1. The Hall–Kier alpha value is -1.33. The smallest absolute Gasteiger partial charge is 0.223 e. The van der Waals surface area contributed by atoms with Crippen LogP contribution in [0.25, 0.3) is 0 Å². The number of rotatable bonds is 27. The molecule has 1 unspecified atom stereocenters. The van der Waals surface area contributed by atoms with Crippen molar-refractivity contribution in [2.75, 3.05) is 119 Å². The summed E-state index contributed by atoms with van der Waals surface area (Å²) in [6.45, 7) is 9.38. The molecule has 0 aromatic heterocycles. The van der Waals surface area contributed by atoms with Gasteiger partial charge in [0.15, 0.2) is 0 Å². The summed E-state index contributed by atoms with van der Waals surface area (Å²) < 4.78 is 43.4. The Morgan fingerprint density at radius 3 is 1.26 bits per heavy atom. The predicted octanol–water partition coefficient (Wildman–Crippen LogP) is 0.634. The molecule has 11 heteroatoms. The summed E-state index contributed by atoms with van der Waals surface area (Å²) in [5, 5.41) is 3.01. The Bertz CT molecular complexity index is 641. The molecule has 0 bridgehead atoms. The summed E-state index contributed by atoms with van der Waals surface area (Å²) in [5.41, 5.74) is 5.33. The Morgan fingerprint density at radius 2 is 0.897 bits per heavy atom. The molecule has 2 aliphatic rings. The van der Waals surface area contributed by atoms with Gasteiger partial charge in [-0.1, -0.05) is 0 Å². The van der Waals surface area contributed by atoms with Crippen LogP contribution in [0.5, 0.6) is 0 Å². The summed E-state index contributed by atoms with van der Waals surface area (Å²) in [4.78, 5) is 12.4. The van der Waals surface area contributed by atoms with E-state index in [2.05, 4.69) is 17.2 Å². The van der Waals surface area contributed by atoms with Crippen LogP contribution in [0.1, 0.15) is 25.7 Å². The van der Waals surface area contributed by atoms with Gasteiger partial charge in [0, 0.05) is 31.8 Å². The van der Waals surface area contributed by atoms with Crippen LogP contribution in [-0.2, 0) is 42.7 Å². The second kappa shape index (κ2) is 24.5. The molecule has 1 amide bonds. The largest absolute Gasteiger partial charge is 0.378 e. The van der Waals surface area contributed by atoms with Crippen LogP contribution in [0.2, 0.25) is 0 Å². The maximum Gasteiger partial charge on any atom is 0.223 e. The standard InChI is InChI=1S/C28H50N2O9/c29-7-9-32-11-13-34-15-17-36-19-21-38-23-24-39-22-20-37-18-16-35-14-12-33-10-8-30-28(31)27-25-5-3-1-2-4-6-26(25)27/h25-27H,3-24,29H2,(H,30,31)/t25-,26+,27?. The first kappa shape index (κ1) is 33.9. The normalized spacial score (nSPS) is 20.0. The molecule has 2 aliphatic carbocycles. The van der Waals surface area contributed by atoms with Gasteiger partial charge in [-0.3, -0.25) is 4.79 Å². The second-order valence-electron chi connectivity index (χ2n) is 9.26. The maximum atomic E-state index is 12.4. The zero-order valence-corrected chi connectivity index (χ0v) is 23.5. The van der Waals surface area contributed by atoms with Crippen molar-refractivity contribution in [2.24, 2.45) is 23.5 Å². The first-order chi connectivity index (χ1) is 19.3. The molecule has 0 radical (unpaired) electrons. The zero-order chi connectivity index (χ0) is 27.6. The Morgan fingerprint density at radius 1 is 0.564 bits per heavy atom. The molecule has 0 aromatic carbocycles. The van der Waals surface area contributed by atoms with E-state index in [1.807, 2.05) is 0 Å². The van der Waals surface area contributed by atoms with Crippen molar-refractivity contribution >= 4 is 5.91 Å². The highest BCUT2D eigenvalue weighted by atomic mass is 16.6. The second-order valence-corrected chi connectivity index (χ2v) is 9.26. The van der Waals surface area contributed by atoms with Crippen molar-refractivity contribution in [3.05, 3.63) is 0 Å². The third-order valence-electron chi connectivity index (χ3n) is 6.38. The van der Waals surface area contributed by atoms with E-state index < -0.39 is 0 Å². The zero-order valence-electron chi connectivity index (χ0n) is 23.5. The molecule has 0 aromatic rings. The van der Waals surface area contributed by atoms with Crippen molar-refractivity contribution in [1.29, 1.82) is 0 Å². The lowest BCUT2D eigenvalue weighted by Crippen LogP contribution is -2.30. The fraction of sp³-hybridized carbons (Fsp3) is 0.893. The van der Waals surface area contributed by atoms with Crippen molar-refractivity contribution < 1.29 is 42.7 Å². The van der Waals surface area contributed by atoms with Crippen molar-refractivity contribution in [1.82, 2.24) is 5.32 Å². The first-order valence-electron chi connectivity index (χ1n) is 14.4. The molecule has 1 fully saturated rings. The van der Waals surface area contributed by atoms with Gasteiger partial charge in [0.25, 0.3) is 0 Å². The summed E-state index contributed by atoms with van der Waals surface area (Å²) in [6, 6.07) is 0. The Kier molecular flexibility index (Phi) is 21.2. The van der Waals surface area contributed by atoms with Crippen LogP contribution in [-0.4, -0.2) is 125 Å². The molecule has 1 saturated carbocycles. The molecule has 11 nitrogen and oxygen atoms in total. The van der Waals surface area contributed by atoms with Gasteiger partial charge in [-0.2, -0.15) is 0 Å². The minimum absolute atomic E-state index is 0.171. The fourth-order valence-electron chi connectivity index (χ4n) is 4.36. The Balaban J connectivity index is 1.19. The van der Waals surface area contributed by atoms with E-state index in [1.165, 1.54) is 0 Å². The number of hydrogen-bond acceptors (Lipinski definition) is 10. The average Bonchev–Trinajstić information content (AvgIpc) is 3.61. The molecular formula is C28H50N2O9. The molecule has 3 N–H and O–H groups in total. The SMILES string of the molecule is NCCOCCOCCOCCOCCOCCOCCOCCOCCNC(=O)C1[C@H]2CCC#CCC[C@@H]12. The summed E-state index contributed by atoms with van der Waals surface area (Å²) in [7, 11) is 0. The third kappa shape index (κ3) is 17.9. The first-order valence-corrected chi connectivity index (χ1v) is 14.4. The number of nitrogens with two attached hydrogens (primary N) is 1. The van der Waals surface area contributed by atoms with Gasteiger partial charge in [-0.15, -0.1) is 11.8 Å². The van der Waals surface area contributed by atoms with Gasteiger partial charge in [0.05, 0.1) is 106 Å². The molecule has 39 heavy (non-hydrogen) atoms. The minimum Gasteiger partial charge on any atom is -0.378 e. The molecule has 0 saturated heterocycles. The van der Waals surface area contributed by atoms with Crippen LogP contribution in [0, 0.1) is 29.6 Å². The lowest BCUT2D eigenvalue weighted by molar-refractivity contribution is -0.123. The quantitative estimate of drug-likeness (QED) is 0.109. The van der Waals surface area contributed by atoms with Crippen LogP contribution in [0.15, 0.2) is 0 Å². The van der Waals surface area contributed by atoms with Gasteiger partial charge in [0.1, 0.15) is 0 Å². The molecular weight excluding hydrogens is 508 g/mol. The molecule has 0 heterocycles. The topological polar surface area (TPSA) is 129 Å². The van der Waals surface area contributed by atoms with Gasteiger partial charge in [-0.25, -0.2) is 0 Å². The van der Waals surface area contributed by atoms with Crippen molar-refractivity contribution in [3.8, 4) is 11.8 Å². The van der Waals surface area contributed by atoms with Gasteiger partial charge in [0.2, 0.25) is 5.91 Å². The van der Waals surface area contributed by atoms with E-state index in [1.54, 1.807) is 0 Å². The van der Waals surface area contributed by atoms with Crippen LogP contribution >= 0.6 is 0 Å².